The first-order valence-electron chi connectivity index (χ1n) is 9.09. The van der Waals surface area contributed by atoms with E-state index < -0.39 is 0 Å². The molecule has 1 aromatic heterocycles. The molecule has 26 heavy (non-hydrogen) atoms. The highest BCUT2D eigenvalue weighted by Gasteiger charge is 2.20. The third-order valence-electron chi connectivity index (χ3n) is 4.82. The summed E-state index contributed by atoms with van der Waals surface area (Å²) >= 11 is 1.49. The Kier molecular flexibility index (Phi) is 6.04. The number of amides is 1. The van der Waals surface area contributed by atoms with Crippen molar-refractivity contribution in [3.63, 3.8) is 0 Å². The molecule has 1 fully saturated rings. The van der Waals surface area contributed by atoms with Crippen LogP contribution in [-0.2, 0) is 16.1 Å². The predicted octanol–water partition coefficient (Wildman–Crippen LogP) is 4.03. The number of hydrogen-bond donors (Lipinski definition) is 1. The Morgan fingerprint density at radius 1 is 1.35 bits per heavy atom. The second-order valence-electron chi connectivity index (χ2n) is 6.97. The van der Waals surface area contributed by atoms with Gasteiger partial charge in [0.2, 0.25) is 5.91 Å². The summed E-state index contributed by atoms with van der Waals surface area (Å²) in [4.78, 5) is 17.0. The van der Waals surface area contributed by atoms with Crippen molar-refractivity contribution in [2.45, 2.75) is 58.3 Å². The molecular weight excluding hydrogens is 346 g/mol. The smallest absolute Gasteiger partial charge is 0.234 e. The number of benzene rings is 1. The molecule has 1 aliphatic rings. The lowest BCUT2D eigenvalue weighted by Gasteiger charge is -2.14. The van der Waals surface area contributed by atoms with Crippen LogP contribution in [0, 0.1) is 27.7 Å². The Bertz CT molecular complexity index is 795. The van der Waals surface area contributed by atoms with Gasteiger partial charge in [-0.05, 0) is 52.2 Å². The Labute approximate surface area is 159 Å². The van der Waals surface area contributed by atoms with E-state index in [1.165, 1.54) is 17.3 Å². The number of aromatic nitrogens is 2. The maximum absolute atomic E-state index is 12.4. The van der Waals surface area contributed by atoms with Gasteiger partial charge in [0.15, 0.2) is 5.16 Å². The van der Waals surface area contributed by atoms with Crippen LogP contribution < -0.4 is 5.32 Å². The molecule has 0 aliphatic carbocycles. The molecule has 0 saturated carbocycles. The van der Waals surface area contributed by atoms with Crippen LogP contribution in [0.3, 0.4) is 0 Å². The number of thioether (sulfide) groups is 1. The number of ether oxygens (including phenoxy) is 1. The van der Waals surface area contributed by atoms with E-state index in [0.29, 0.717) is 5.75 Å². The standard InChI is InChI=1S/C20H27N3O2S/c1-13-7-8-18(14(2)10-13)22-19(24)12-26-20-21-15(3)16(4)23(20)11-17-6-5-9-25-17/h7-8,10,17H,5-6,9,11-12H2,1-4H3,(H,22,24)/t17-/m0/s1. The van der Waals surface area contributed by atoms with Crippen LogP contribution >= 0.6 is 11.8 Å². The van der Waals surface area contributed by atoms with Crippen LogP contribution in [0.15, 0.2) is 23.4 Å². The molecule has 0 spiro atoms. The third kappa shape index (κ3) is 4.48. The Hall–Kier alpha value is -1.79. The monoisotopic (exact) mass is 373 g/mol. The molecule has 1 N–H and O–H groups in total. The molecule has 2 heterocycles. The maximum atomic E-state index is 12.4. The molecule has 1 aromatic carbocycles. The number of hydrogen-bond acceptors (Lipinski definition) is 4. The lowest BCUT2D eigenvalue weighted by molar-refractivity contribution is -0.113. The average Bonchev–Trinajstić information content (AvgIpc) is 3.20. The topological polar surface area (TPSA) is 56.2 Å². The highest BCUT2D eigenvalue weighted by molar-refractivity contribution is 7.99. The second-order valence-corrected chi connectivity index (χ2v) is 7.91. The maximum Gasteiger partial charge on any atom is 0.234 e. The minimum absolute atomic E-state index is 0.0103. The van der Waals surface area contributed by atoms with Crippen molar-refractivity contribution in [1.29, 1.82) is 0 Å². The van der Waals surface area contributed by atoms with Crippen molar-refractivity contribution in [3.05, 3.63) is 40.7 Å². The average molecular weight is 374 g/mol. The molecule has 0 bridgehead atoms. The van der Waals surface area contributed by atoms with E-state index in [4.69, 9.17) is 4.74 Å². The van der Waals surface area contributed by atoms with E-state index >= 15 is 0 Å². The molecule has 2 aromatic rings. The molecule has 1 amide bonds. The van der Waals surface area contributed by atoms with E-state index in [2.05, 4.69) is 27.9 Å². The van der Waals surface area contributed by atoms with Crippen molar-refractivity contribution in [3.8, 4) is 0 Å². The first-order valence-corrected chi connectivity index (χ1v) is 10.1. The van der Waals surface area contributed by atoms with Gasteiger partial charge < -0.3 is 14.6 Å². The first kappa shape index (κ1) is 19.0. The van der Waals surface area contributed by atoms with Gasteiger partial charge in [-0.25, -0.2) is 4.98 Å². The van der Waals surface area contributed by atoms with E-state index in [0.717, 1.165) is 53.8 Å². The quantitative estimate of drug-likeness (QED) is 0.777. The number of carbonyl (C=O) groups is 1. The summed E-state index contributed by atoms with van der Waals surface area (Å²) in [6.07, 6.45) is 2.47. The molecular formula is C20H27N3O2S. The van der Waals surface area contributed by atoms with Crippen molar-refractivity contribution >= 4 is 23.4 Å². The first-order chi connectivity index (χ1) is 12.4. The number of aryl methyl sites for hydroxylation is 3. The van der Waals surface area contributed by atoms with Gasteiger partial charge in [-0.1, -0.05) is 29.5 Å². The number of nitrogens with zero attached hydrogens (tertiary/aromatic N) is 2. The summed E-state index contributed by atoms with van der Waals surface area (Å²) in [5.74, 6) is 0.332. The van der Waals surface area contributed by atoms with E-state index in [1.54, 1.807) is 0 Å². The summed E-state index contributed by atoms with van der Waals surface area (Å²) in [5, 5.41) is 3.89. The normalized spacial score (nSPS) is 16.8. The zero-order chi connectivity index (χ0) is 18.7. The minimum Gasteiger partial charge on any atom is -0.376 e. The predicted molar refractivity (Wildman–Crippen MR) is 106 cm³/mol. The van der Waals surface area contributed by atoms with Crippen molar-refractivity contribution in [2.75, 3.05) is 17.7 Å². The van der Waals surface area contributed by atoms with Crippen LogP contribution in [0.5, 0.6) is 0 Å². The number of nitrogens with one attached hydrogen (secondary N) is 1. The highest BCUT2D eigenvalue weighted by Crippen LogP contribution is 2.25. The van der Waals surface area contributed by atoms with Crippen molar-refractivity contribution < 1.29 is 9.53 Å². The summed E-state index contributed by atoms with van der Waals surface area (Å²) in [5.41, 5.74) is 5.31. The fourth-order valence-corrected chi connectivity index (χ4v) is 4.11. The van der Waals surface area contributed by atoms with Gasteiger partial charge in [0.05, 0.1) is 24.1 Å². The Morgan fingerprint density at radius 2 is 2.15 bits per heavy atom. The Morgan fingerprint density at radius 3 is 2.85 bits per heavy atom. The van der Waals surface area contributed by atoms with E-state index in [9.17, 15) is 4.79 Å². The van der Waals surface area contributed by atoms with Crippen LogP contribution in [0.4, 0.5) is 5.69 Å². The number of carbonyl (C=O) groups excluding carboxylic acids is 1. The van der Waals surface area contributed by atoms with Crippen molar-refractivity contribution in [2.24, 2.45) is 0 Å². The molecule has 1 atom stereocenters. The molecule has 1 aliphatic heterocycles. The summed E-state index contributed by atoms with van der Waals surface area (Å²) in [6.45, 7) is 9.81. The van der Waals surface area contributed by atoms with Crippen LogP contribution in [-0.4, -0.2) is 33.9 Å². The van der Waals surface area contributed by atoms with Crippen molar-refractivity contribution in [1.82, 2.24) is 9.55 Å². The third-order valence-corrected chi connectivity index (χ3v) is 5.80. The molecule has 0 unspecified atom stereocenters. The van der Waals surface area contributed by atoms with E-state index in [1.807, 2.05) is 32.9 Å². The van der Waals surface area contributed by atoms with Gasteiger partial charge in [-0.3, -0.25) is 4.79 Å². The lowest BCUT2D eigenvalue weighted by atomic mass is 10.1. The zero-order valence-corrected chi connectivity index (χ0v) is 16.8. The summed E-state index contributed by atoms with van der Waals surface area (Å²) in [7, 11) is 0. The fourth-order valence-electron chi connectivity index (χ4n) is 3.21. The number of anilines is 1. The van der Waals surface area contributed by atoms with Crippen LogP contribution in [0.2, 0.25) is 0 Å². The second kappa shape index (κ2) is 8.27. The molecule has 3 rings (SSSR count). The highest BCUT2D eigenvalue weighted by atomic mass is 32.2. The van der Waals surface area contributed by atoms with Gasteiger partial charge in [0.25, 0.3) is 0 Å². The van der Waals surface area contributed by atoms with E-state index in [-0.39, 0.29) is 12.0 Å². The number of rotatable bonds is 6. The van der Waals surface area contributed by atoms with Gasteiger partial charge >= 0.3 is 0 Å². The van der Waals surface area contributed by atoms with Crippen LogP contribution in [0.1, 0.15) is 35.4 Å². The molecule has 1 saturated heterocycles. The SMILES string of the molecule is Cc1ccc(NC(=O)CSc2nc(C)c(C)n2C[C@@H]2CCCO2)c(C)c1. The number of imidazole rings is 1. The minimum atomic E-state index is -0.0103. The fraction of sp³-hybridized carbons (Fsp3) is 0.500. The largest absolute Gasteiger partial charge is 0.376 e. The summed E-state index contributed by atoms with van der Waals surface area (Å²) < 4.78 is 7.96. The summed E-state index contributed by atoms with van der Waals surface area (Å²) in [6, 6.07) is 6.04. The van der Waals surface area contributed by atoms with Gasteiger partial charge in [-0.15, -0.1) is 0 Å². The zero-order valence-electron chi connectivity index (χ0n) is 16.0. The van der Waals surface area contributed by atoms with Crippen LogP contribution in [0.25, 0.3) is 0 Å². The van der Waals surface area contributed by atoms with Gasteiger partial charge in [-0.2, -0.15) is 0 Å². The molecule has 5 nitrogen and oxygen atoms in total. The molecule has 0 radical (unpaired) electrons. The lowest BCUT2D eigenvalue weighted by Crippen LogP contribution is -2.18. The van der Waals surface area contributed by atoms with Gasteiger partial charge in [0.1, 0.15) is 0 Å². The Balaban J connectivity index is 1.63. The van der Waals surface area contributed by atoms with Gasteiger partial charge in [0, 0.05) is 18.0 Å². The molecule has 140 valence electrons. The molecule has 6 heteroatoms.